The zero-order valence-corrected chi connectivity index (χ0v) is 10.5. The third kappa shape index (κ3) is 1.78. The SMILES string of the molecule is CC(=O)n1c2ccccc2c2cc(C(F)(F)F)ccc21. The van der Waals surface area contributed by atoms with Gasteiger partial charge in [-0.2, -0.15) is 13.2 Å². The third-order valence-electron chi connectivity index (χ3n) is 3.31. The molecule has 2 nitrogen and oxygen atoms in total. The van der Waals surface area contributed by atoms with Crippen molar-refractivity contribution >= 4 is 27.7 Å². The van der Waals surface area contributed by atoms with Crippen LogP contribution in [0.15, 0.2) is 42.5 Å². The molecule has 0 aliphatic carbocycles. The predicted molar refractivity (Wildman–Crippen MR) is 70.7 cm³/mol. The Morgan fingerprint density at radius 2 is 1.65 bits per heavy atom. The molecular formula is C15H10F3NO. The number of fused-ring (bicyclic) bond motifs is 3. The molecule has 0 bridgehead atoms. The van der Waals surface area contributed by atoms with Gasteiger partial charge >= 0.3 is 6.18 Å². The van der Waals surface area contributed by atoms with E-state index in [-0.39, 0.29) is 5.91 Å². The Kier molecular flexibility index (Phi) is 2.61. The van der Waals surface area contributed by atoms with Gasteiger partial charge in [-0.15, -0.1) is 0 Å². The lowest BCUT2D eigenvalue weighted by molar-refractivity contribution is -0.137. The van der Waals surface area contributed by atoms with Gasteiger partial charge in [0.25, 0.3) is 0 Å². The first-order valence-corrected chi connectivity index (χ1v) is 6.01. The number of rotatable bonds is 0. The minimum atomic E-state index is -4.40. The summed E-state index contributed by atoms with van der Waals surface area (Å²) in [5.74, 6) is -0.226. The Balaban J connectivity index is 2.47. The maximum atomic E-state index is 12.8. The first-order valence-electron chi connectivity index (χ1n) is 6.01. The second-order valence-corrected chi connectivity index (χ2v) is 4.60. The zero-order chi connectivity index (χ0) is 14.5. The van der Waals surface area contributed by atoms with Gasteiger partial charge in [-0.1, -0.05) is 18.2 Å². The van der Waals surface area contributed by atoms with Crippen LogP contribution < -0.4 is 0 Å². The summed E-state index contributed by atoms with van der Waals surface area (Å²) in [4.78, 5) is 11.8. The lowest BCUT2D eigenvalue weighted by Crippen LogP contribution is -2.06. The maximum Gasteiger partial charge on any atom is 0.416 e. The molecular weight excluding hydrogens is 267 g/mol. The fraction of sp³-hybridized carbons (Fsp3) is 0.133. The topological polar surface area (TPSA) is 22.0 Å². The van der Waals surface area contributed by atoms with Gasteiger partial charge in [-0.05, 0) is 24.3 Å². The standard InChI is InChI=1S/C15H10F3NO/c1-9(20)19-13-5-3-2-4-11(13)12-8-10(15(16,17)18)6-7-14(12)19/h2-8H,1H3. The molecule has 0 unspecified atom stereocenters. The Bertz CT molecular complexity index is 830. The molecule has 3 rings (SSSR count). The van der Waals surface area contributed by atoms with E-state index < -0.39 is 11.7 Å². The van der Waals surface area contributed by atoms with Gasteiger partial charge < -0.3 is 0 Å². The highest BCUT2D eigenvalue weighted by Crippen LogP contribution is 2.35. The quantitative estimate of drug-likeness (QED) is 0.594. The number of benzene rings is 2. The first-order chi connectivity index (χ1) is 9.39. The summed E-state index contributed by atoms with van der Waals surface area (Å²) < 4.78 is 39.9. The molecule has 2 aromatic carbocycles. The van der Waals surface area contributed by atoms with E-state index in [2.05, 4.69) is 0 Å². The maximum absolute atomic E-state index is 12.8. The molecule has 0 amide bonds. The number of carbonyl (C=O) groups excluding carboxylic acids is 1. The van der Waals surface area contributed by atoms with Crippen molar-refractivity contribution in [2.24, 2.45) is 0 Å². The number of hydrogen-bond acceptors (Lipinski definition) is 1. The second kappa shape index (κ2) is 4.10. The van der Waals surface area contributed by atoms with E-state index in [4.69, 9.17) is 0 Å². The summed E-state index contributed by atoms with van der Waals surface area (Å²) >= 11 is 0. The smallest absolute Gasteiger partial charge is 0.280 e. The summed E-state index contributed by atoms with van der Waals surface area (Å²) in [6, 6.07) is 10.4. The molecule has 0 radical (unpaired) electrons. The first kappa shape index (κ1) is 12.7. The van der Waals surface area contributed by atoms with Crippen LogP contribution in [-0.2, 0) is 6.18 Å². The molecule has 1 aromatic heterocycles. The Morgan fingerprint density at radius 3 is 2.30 bits per heavy atom. The van der Waals surface area contributed by atoms with Gasteiger partial charge in [0, 0.05) is 17.7 Å². The Labute approximate surface area is 112 Å². The highest BCUT2D eigenvalue weighted by Gasteiger charge is 2.31. The van der Waals surface area contributed by atoms with E-state index >= 15 is 0 Å². The number of para-hydroxylation sites is 1. The van der Waals surface area contributed by atoms with Gasteiger partial charge in [0.2, 0.25) is 5.91 Å². The largest absolute Gasteiger partial charge is 0.416 e. The van der Waals surface area contributed by atoms with Gasteiger partial charge in [0.15, 0.2) is 0 Å². The molecule has 3 aromatic rings. The molecule has 20 heavy (non-hydrogen) atoms. The normalized spacial score (nSPS) is 12.2. The fourth-order valence-electron chi connectivity index (χ4n) is 2.49. The number of alkyl halides is 3. The molecule has 0 aliphatic rings. The number of hydrogen-bond donors (Lipinski definition) is 0. The van der Waals surface area contributed by atoms with Crippen LogP contribution in [0.2, 0.25) is 0 Å². The predicted octanol–water partition coefficient (Wildman–Crippen LogP) is 4.47. The van der Waals surface area contributed by atoms with Crippen molar-refractivity contribution in [1.29, 1.82) is 0 Å². The third-order valence-corrected chi connectivity index (χ3v) is 3.31. The van der Waals surface area contributed by atoms with Crippen molar-refractivity contribution in [2.45, 2.75) is 13.1 Å². The fourth-order valence-corrected chi connectivity index (χ4v) is 2.49. The van der Waals surface area contributed by atoms with Crippen molar-refractivity contribution in [1.82, 2.24) is 4.57 Å². The summed E-state index contributed by atoms with van der Waals surface area (Å²) in [7, 11) is 0. The van der Waals surface area contributed by atoms with Crippen molar-refractivity contribution in [3.05, 3.63) is 48.0 Å². The van der Waals surface area contributed by atoms with Crippen LogP contribution in [0.1, 0.15) is 17.3 Å². The number of nitrogens with zero attached hydrogens (tertiary/aromatic N) is 1. The average Bonchev–Trinajstić information content (AvgIpc) is 2.71. The zero-order valence-electron chi connectivity index (χ0n) is 10.5. The molecule has 1 heterocycles. The monoisotopic (exact) mass is 277 g/mol. The number of aromatic nitrogens is 1. The Hall–Kier alpha value is -2.30. The number of halogens is 3. The summed E-state index contributed by atoms with van der Waals surface area (Å²) in [5.41, 5.74) is 0.400. The van der Waals surface area contributed by atoms with E-state index in [1.54, 1.807) is 24.3 Å². The van der Waals surface area contributed by atoms with E-state index in [0.717, 1.165) is 12.1 Å². The molecule has 0 saturated carbocycles. The minimum absolute atomic E-state index is 0.226. The second-order valence-electron chi connectivity index (χ2n) is 4.60. The van der Waals surface area contributed by atoms with Gasteiger partial charge in [-0.25, -0.2) is 0 Å². The molecule has 0 aliphatic heterocycles. The molecule has 102 valence electrons. The van der Waals surface area contributed by atoms with Crippen molar-refractivity contribution in [2.75, 3.05) is 0 Å². The van der Waals surface area contributed by atoms with Gasteiger partial charge in [-0.3, -0.25) is 9.36 Å². The van der Waals surface area contributed by atoms with Crippen LogP contribution in [0.5, 0.6) is 0 Å². The highest BCUT2D eigenvalue weighted by atomic mass is 19.4. The van der Waals surface area contributed by atoms with E-state index in [0.29, 0.717) is 21.8 Å². The lowest BCUT2D eigenvalue weighted by atomic mass is 10.1. The van der Waals surface area contributed by atoms with Crippen molar-refractivity contribution < 1.29 is 18.0 Å². The van der Waals surface area contributed by atoms with Crippen molar-refractivity contribution in [3.8, 4) is 0 Å². The van der Waals surface area contributed by atoms with Crippen LogP contribution in [0.25, 0.3) is 21.8 Å². The summed E-state index contributed by atoms with van der Waals surface area (Å²) in [6.07, 6.45) is -4.40. The van der Waals surface area contributed by atoms with Crippen LogP contribution in [0, 0.1) is 0 Å². The molecule has 0 saturated heterocycles. The Morgan fingerprint density at radius 1 is 1.00 bits per heavy atom. The highest BCUT2D eigenvalue weighted by molar-refractivity contribution is 6.13. The van der Waals surface area contributed by atoms with E-state index in [1.165, 1.54) is 17.6 Å². The minimum Gasteiger partial charge on any atom is -0.280 e. The molecule has 5 heteroatoms. The van der Waals surface area contributed by atoms with Crippen LogP contribution >= 0.6 is 0 Å². The summed E-state index contributed by atoms with van der Waals surface area (Å²) in [5, 5.41) is 1.08. The van der Waals surface area contributed by atoms with Crippen molar-refractivity contribution in [3.63, 3.8) is 0 Å². The van der Waals surface area contributed by atoms with E-state index in [1.807, 2.05) is 0 Å². The average molecular weight is 277 g/mol. The van der Waals surface area contributed by atoms with Crippen LogP contribution in [-0.4, -0.2) is 10.5 Å². The lowest BCUT2D eigenvalue weighted by Gasteiger charge is -2.07. The van der Waals surface area contributed by atoms with Crippen LogP contribution in [0.4, 0.5) is 13.2 Å². The number of carbonyl (C=O) groups is 1. The van der Waals surface area contributed by atoms with Gasteiger partial charge in [0.05, 0.1) is 16.6 Å². The molecule has 0 spiro atoms. The van der Waals surface area contributed by atoms with Crippen LogP contribution in [0.3, 0.4) is 0 Å². The molecule has 0 N–H and O–H groups in total. The van der Waals surface area contributed by atoms with Gasteiger partial charge in [0.1, 0.15) is 0 Å². The molecule has 0 atom stereocenters. The molecule has 0 fully saturated rings. The summed E-state index contributed by atoms with van der Waals surface area (Å²) in [6.45, 7) is 1.39. The van der Waals surface area contributed by atoms with E-state index in [9.17, 15) is 18.0 Å².